The van der Waals surface area contributed by atoms with Crippen molar-refractivity contribution in [2.75, 3.05) is 18.4 Å². The lowest BCUT2D eigenvalue weighted by molar-refractivity contribution is -0.153. The predicted octanol–water partition coefficient (Wildman–Crippen LogP) is 3.42. The third-order valence-electron chi connectivity index (χ3n) is 5.13. The fraction of sp³-hybridized carbons (Fsp3) is 0.375. The minimum Gasteiger partial charge on any atom is -0.453 e. The number of rotatable bonds is 11. The summed E-state index contributed by atoms with van der Waals surface area (Å²) in [6, 6.07) is 13.0. The molecule has 0 aliphatic carbocycles. The molecule has 2 rings (SSSR count). The standard InChI is InChI=1S/C24H30N2O6S/c1-5-26(6-2)33(30,31)20-14-11-19(12-15-20)13-16-23(28)32-18(4)24(29)25-22-10-8-7-9-21(22)17(3)27/h7-12,14-15,18H,5-6,13,16H2,1-4H3,(H,25,29). The molecule has 0 radical (unpaired) electrons. The molecule has 9 heteroatoms. The van der Waals surface area contributed by atoms with Crippen LogP contribution in [0.5, 0.6) is 0 Å². The number of amides is 1. The highest BCUT2D eigenvalue weighted by atomic mass is 32.2. The largest absolute Gasteiger partial charge is 0.453 e. The molecule has 0 aromatic heterocycles. The number of aryl methyl sites for hydroxylation is 1. The van der Waals surface area contributed by atoms with Gasteiger partial charge in [0.2, 0.25) is 10.0 Å². The fourth-order valence-corrected chi connectivity index (χ4v) is 4.69. The second kappa shape index (κ2) is 11.7. The number of ketones is 1. The SMILES string of the molecule is CCN(CC)S(=O)(=O)c1ccc(CCC(=O)OC(C)C(=O)Nc2ccccc2C(C)=O)cc1. The van der Waals surface area contributed by atoms with Gasteiger partial charge >= 0.3 is 5.97 Å². The first kappa shape index (κ1) is 26.2. The van der Waals surface area contributed by atoms with Crippen molar-refractivity contribution in [2.24, 2.45) is 0 Å². The summed E-state index contributed by atoms with van der Waals surface area (Å²) in [6.07, 6.45) is -0.672. The molecule has 33 heavy (non-hydrogen) atoms. The van der Waals surface area contributed by atoms with Gasteiger partial charge in [0.1, 0.15) is 0 Å². The van der Waals surface area contributed by atoms with Crippen LogP contribution in [0.1, 0.15) is 50.0 Å². The van der Waals surface area contributed by atoms with Gasteiger partial charge in [-0.05, 0) is 50.1 Å². The highest BCUT2D eigenvalue weighted by molar-refractivity contribution is 7.89. The van der Waals surface area contributed by atoms with Crippen LogP contribution in [0.4, 0.5) is 5.69 Å². The summed E-state index contributed by atoms with van der Waals surface area (Å²) < 4.78 is 31.7. The van der Waals surface area contributed by atoms with E-state index in [1.807, 2.05) is 0 Å². The molecule has 0 aliphatic rings. The normalized spacial score (nSPS) is 12.3. The molecule has 0 spiro atoms. The summed E-state index contributed by atoms with van der Waals surface area (Å²) >= 11 is 0. The van der Waals surface area contributed by atoms with E-state index in [2.05, 4.69) is 5.32 Å². The third kappa shape index (κ3) is 6.97. The number of nitrogens with one attached hydrogen (secondary N) is 1. The first-order valence-corrected chi connectivity index (χ1v) is 12.2. The van der Waals surface area contributed by atoms with E-state index >= 15 is 0 Å². The van der Waals surface area contributed by atoms with E-state index in [0.29, 0.717) is 30.8 Å². The van der Waals surface area contributed by atoms with Gasteiger partial charge in [0.15, 0.2) is 11.9 Å². The van der Waals surface area contributed by atoms with Crippen LogP contribution in [0.25, 0.3) is 0 Å². The Labute approximate surface area is 195 Å². The maximum absolute atomic E-state index is 12.5. The molecule has 2 aromatic carbocycles. The number of para-hydroxylation sites is 1. The average molecular weight is 475 g/mol. The molecule has 0 heterocycles. The maximum Gasteiger partial charge on any atom is 0.306 e. The predicted molar refractivity (Wildman–Crippen MR) is 126 cm³/mol. The molecular formula is C24H30N2O6S. The number of Topliss-reactive ketones (excluding diaryl/α,β-unsaturated/α-hetero) is 1. The minimum atomic E-state index is -3.53. The van der Waals surface area contributed by atoms with Crippen molar-refractivity contribution in [1.29, 1.82) is 0 Å². The Morgan fingerprint density at radius 3 is 2.18 bits per heavy atom. The van der Waals surface area contributed by atoms with E-state index in [4.69, 9.17) is 4.74 Å². The van der Waals surface area contributed by atoms with Crippen LogP contribution in [0.15, 0.2) is 53.4 Å². The third-order valence-corrected chi connectivity index (χ3v) is 7.19. The molecule has 8 nitrogen and oxygen atoms in total. The van der Waals surface area contributed by atoms with Crippen molar-refractivity contribution < 1.29 is 27.5 Å². The van der Waals surface area contributed by atoms with Gasteiger partial charge in [-0.3, -0.25) is 14.4 Å². The van der Waals surface area contributed by atoms with Crippen molar-refractivity contribution in [3.05, 3.63) is 59.7 Å². The lowest BCUT2D eigenvalue weighted by Crippen LogP contribution is -2.30. The van der Waals surface area contributed by atoms with Crippen LogP contribution >= 0.6 is 0 Å². The number of carbonyl (C=O) groups is 3. The second-order valence-electron chi connectivity index (χ2n) is 7.46. The Morgan fingerprint density at radius 1 is 1.00 bits per heavy atom. The Morgan fingerprint density at radius 2 is 1.61 bits per heavy atom. The molecule has 2 aromatic rings. The minimum absolute atomic E-state index is 0.0315. The zero-order valence-electron chi connectivity index (χ0n) is 19.3. The van der Waals surface area contributed by atoms with Crippen LogP contribution in [0.3, 0.4) is 0 Å². The number of nitrogens with zero attached hydrogens (tertiary/aromatic N) is 1. The molecule has 0 fully saturated rings. The van der Waals surface area contributed by atoms with Gasteiger partial charge in [-0.1, -0.05) is 38.1 Å². The van der Waals surface area contributed by atoms with Gasteiger partial charge < -0.3 is 10.1 Å². The Hall–Kier alpha value is -3.04. The van der Waals surface area contributed by atoms with Gasteiger partial charge in [0.05, 0.1) is 10.6 Å². The number of hydrogen-bond acceptors (Lipinski definition) is 6. The summed E-state index contributed by atoms with van der Waals surface area (Å²) in [5, 5.41) is 2.61. The highest BCUT2D eigenvalue weighted by Gasteiger charge is 2.22. The molecule has 0 saturated carbocycles. The average Bonchev–Trinajstić information content (AvgIpc) is 2.78. The molecule has 1 amide bonds. The molecule has 0 saturated heterocycles. The van der Waals surface area contributed by atoms with Gasteiger partial charge in [0.25, 0.3) is 5.91 Å². The van der Waals surface area contributed by atoms with E-state index in [0.717, 1.165) is 5.56 Å². The summed E-state index contributed by atoms with van der Waals surface area (Å²) in [4.78, 5) is 36.5. The molecule has 0 aliphatic heterocycles. The number of esters is 1. The Bertz CT molecular complexity index is 1090. The smallest absolute Gasteiger partial charge is 0.306 e. The van der Waals surface area contributed by atoms with Crippen molar-refractivity contribution in [1.82, 2.24) is 4.31 Å². The first-order valence-electron chi connectivity index (χ1n) is 10.8. The summed E-state index contributed by atoms with van der Waals surface area (Å²) in [6.45, 7) is 7.20. The van der Waals surface area contributed by atoms with Crippen molar-refractivity contribution in [3.8, 4) is 0 Å². The monoisotopic (exact) mass is 474 g/mol. The summed E-state index contributed by atoms with van der Waals surface area (Å²) in [7, 11) is -3.53. The van der Waals surface area contributed by atoms with Gasteiger partial charge in [-0.2, -0.15) is 4.31 Å². The van der Waals surface area contributed by atoms with Crippen LogP contribution in [0.2, 0.25) is 0 Å². The molecule has 1 N–H and O–H groups in total. The number of carbonyl (C=O) groups excluding carboxylic acids is 3. The molecule has 178 valence electrons. The number of hydrogen-bond donors (Lipinski definition) is 1. The van der Waals surface area contributed by atoms with E-state index in [1.165, 1.54) is 30.3 Å². The first-order chi connectivity index (χ1) is 15.6. The van der Waals surface area contributed by atoms with Crippen LogP contribution in [-0.4, -0.2) is 49.6 Å². The van der Waals surface area contributed by atoms with Crippen molar-refractivity contribution in [2.45, 2.75) is 51.5 Å². The van der Waals surface area contributed by atoms with Gasteiger partial charge in [-0.15, -0.1) is 0 Å². The molecule has 1 atom stereocenters. The lowest BCUT2D eigenvalue weighted by Gasteiger charge is -2.18. The molecule has 1 unspecified atom stereocenters. The molecular weight excluding hydrogens is 444 g/mol. The van der Waals surface area contributed by atoms with Crippen LogP contribution < -0.4 is 5.32 Å². The number of ether oxygens (including phenoxy) is 1. The van der Waals surface area contributed by atoms with Crippen LogP contribution in [0, 0.1) is 0 Å². The fourth-order valence-electron chi connectivity index (χ4n) is 3.23. The second-order valence-corrected chi connectivity index (χ2v) is 9.39. The number of benzene rings is 2. The van der Waals surface area contributed by atoms with Gasteiger partial charge in [-0.25, -0.2) is 8.42 Å². The number of sulfonamides is 1. The van der Waals surface area contributed by atoms with E-state index in [-0.39, 0.29) is 17.1 Å². The van der Waals surface area contributed by atoms with Crippen molar-refractivity contribution in [3.63, 3.8) is 0 Å². The lowest BCUT2D eigenvalue weighted by atomic mass is 10.1. The maximum atomic E-state index is 12.5. The highest BCUT2D eigenvalue weighted by Crippen LogP contribution is 2.18. The number of anilines is 1. The molecule has 0 bridgehead atoms. The Kier molecular flexibility index (Phi) is 9.31. The van der Waals surface area contributed by atoms with Crippen molar-refractivity contribution >= 4 is 33.4 Å². The topological polar surface area (TPSA) is 110 Å². The van der Waals surface area contributed by atoms with E-state index in [1.54, 1.807) is 50.2 Å². The summed E-state index contributed by atoms with van der Waals surface area (Å²) in [5.41, 5.74) is 1.51. The van der Waals surface area contributed by atoms with Crippen LogP contribution in [-0.2, 0) is 30.8 Å². The van der Waals surface area contributed by atoms with Gasteiger partial charge in [0, 0.05) is 25.1 Å². The van der Waals surface area contributed by atoms with E-state index < -0.39 is 28.0 Å². The Balaban J connectivity index is 1.91. The zero-order chi connectivity index (χ0) is 24.6. The zero-order valence-corrected chi connectivity index (χ0v) is 20.1. The summed E-state index contributed by atoms with van der Waals surface area (Å²) in [5.74, 6) is -1.29. The van der Waals surface area contributed by atoms with E-state index in [9.17, 15) is 22.8 Å². The quantitative estimate of drug-likeness (QED) is 0.395.